The van der Waals surface area contributed by atoms with E-state index in [0.29, 0.717) is 12.1 Å². The molecule has 2 rings (SSSR count). The van der Waals surface area contributed by atoms with Gasteiger partial charge < -0.3 is 11.5 Å². The number of rotatable bonds is 1. The van der Waals surface area contributed by atoms with Gasteiger partial charge in [-0.15, -0.1) is 0 Å². The van der Waals surface area contributed by atoms with Gasteiger partial charge in [0.1, 0.15) is 5.82 Å². The largest absolute Gasteiger partial charge is 0.384 e. The lowest BCUT2D eigenvalue weighted by atomic mass is 10.2. The number of nitrogens with two attached hydrogens (primary N) is 2. The van der Waals surface area contributed by atoms with Gasteiger partial charge in [0.15, 0.2) is 0 Å². The lowest BCUT2D eigenvalue weighted by molar-refractivity contribution is 0.467. The van der Waals surface area contributed by atoms with Gasteiger partial charge in [0.25, 0.3) is 0 Å². The molecule has 12 heavy (non-hydrogen) atoms. The Labute approximate surface area is 71.5 Å². The summed E-state index contributed by atoms with van der Waals surface area (Å²) in [5.74, 6) is 0.745. The zero-order valence-electron chi connectivity index (χ0n) is 6.98. The second-order valence-corrected chi connectivity index (χ2v) is 3.43. The van der Waals surface area contributed by atoms with Crippen molar-refractivity contribution >= 4 is 5.82 Å². The third kappa shape index (κ3) is 1.18. The molecule has 0 bridgehead atoms. The van der Waals surface area contributed by atoms with E-state index in [-0.39, 0.29) is 0 Å². The van der Waals surface area contributed by atoms with Gasteiger partial charge >= 0.3 is 0 Å². The van der Waals surface area contributed by atoms with Crippen LogP contribution in [0, 0.1) is 0 Å². The maximum Gasteiger partial charge on any atom is 0.121 e. The molecule has 1 fully saturated rings. The van der Waals surface area contributed by atoms with Gasteiger partial charge in [0, 0.05) is 6.04 Å². The zero-order chi connectivity index (χ0) is 8.55. The first-order chi connectivity index (χ1) is 5.77. The maximum atomic E-state index is 5.80. The molecule has 0 spiro atoms. The topological polar surface area (TPSA) is 69.9 Å². The minimum absolute atomic E-state index is 0.332. The minimum atomic E-state index is 0.332. The van der Waals surface area contributed by atoms with Crippen molar-refractivity contribution < 1.29 is 0 Å². The van der Waals surface area contributed by atoms with Crippen molar-refractivity contribution in [3.05, 3.63) is 12.3 Å². The third-order valence-electron chi connectivity index (χ3n) is 2.49. The van der Waals surface area contributed by atoms with Crippen molar-refractivity contribution in [1.29, 1.82) is 0 Å². The van der Waals surface area contributed by atoms with Crippen LogP contribution in [-0.4, -0.2) is 15.8 Å². The molecule has 1 aromatic rings. The van der Waals surface area contributed by atoms with Crippen LogP contribution in [-0.2, 0) is 0 Å². The number of anilines is 1. The van der Waals surface area contributed by atoms with Crippen LogP contribution in [0.5, 0.6) is 0 Å². The fraction of sp³-hybridized carbons (Fsp3) is 0.625. The Balaban J connectivity index is 2.16. The van der Waals surface area contributed by atoms with Gasteiger partial charge in [-0.05, 0) is 25.3 Å². The fourth-order valence-electron chi connectivity index (χ4n) is 1.84. The van der Waals surface area contributed by atoms with E-state index in [0.717, 1.165) is 25.1 Å². The van der Waals surface area contributed by atoms with E-state index in [1.807, 2.05) is 10.7 Å². The van der Waals surface area contributed by atoms with Gasteiger partial charge in [-0.25, -0.2) is 4.68 Å². The number of nitrogens with zero attached hydrogens (tertiary/aromatic N) is 2. The maximum absolute atomic E-state index is 5.80. The average Bonchev–Trinajstić information content (AvgIpc) is 2.58. The van der Waals surface area contributed by atoms with Crippen LogP contribution in [0.2, 0.25) is 0 Å². The summed E-state index contributed by atoms with van der Waals surface area (Å²) >= 11 is 0. The van der Waals surface area contributed by atoms with E-state index < -0.39 is 0 Å². The lowest BCUT2D eigenvalue weighted by Crippen LogP contribution is -2.17. The first kappa shape index (κ1) is 7.61. The highest BCUT2D eigenvalue weighted by atomic mass is 15.3. The molecule has 0 saturated heterocycles. The predicted molar refractivity (Wildman–Crippen MR) is 47.5 cm³/mol. The van der Waals surface area contributed by atoms with Crippen LogP contribution in [0.4, 0.5) is 5.82 Å². The summed E-state index contributed by atoms with van der Waals surface area (Å²) in [6.07, 6.45) is 4.93. The van der Waals surface area contributed by atoms with Crippen LogP contribution in [0.25, 0.3) is 0 Å². The SMILES string of the molecule is Nc1ccnn1C1CCC(N)C1. The molecule has 4 heteroatoms. The Kier molecular flexibility index (Phi) is 1.77. The van der Waals surface area contributed by atoms with Gasteiger partial charge in [0.05, 0.1) is 12.2 Å². The van der Waals surface area contributed by atoms with Crippen molar-refractivity contribution in [3.8, 4) is 0 Å². The van der Waals surface area contributed by atoms with Crippen molar-refractivity contribution in [3.63, 3.8) is 0 Å². The predicted octanol–water partition coefficient (Wildman–Crippen LogP) is 0.518. The minimum Gasteiger partial charge on any atom is -0.384 e. The summed E-state index contributed by atoms with van der Waals surface area (Å²) in [5, 5.41) is 4.17. The van der Waals surface area contributed by atoms with Crippen molar-refractivity contribution in [2.75, 3.05) is 5.73 Å². The van der Waals surface area contributed by atoms with E-state index in [1.54, 1.807) is 6.20 Å². The van der Waals surface area contributed by atoms with Gasteiger partial charge in [-0.3, -0.25) is 0 Å². The molecule has 4 N–H and O–H groups in total. The van der Waals surface area contributed by atoms with Crippen molar-refractivity contribution in [1.82, 2.24) is 9.78 Å². The molecule has 1 aliphatic rings. The van der Waals surface area contributed by atoms with E-state index in [1.165, 1.54) is 0 Å². The normalized spacial score (nSPS) is 29.4. The first-order valence-corrected chi connectivity index (χ1v) is 4.32. The van der Waals surface area contributed by atoms with Crippen LogP contribution in [0.15, 0.2) is 12.3 Å². The molecular weight excluding hydrogens is 152 g/mol. The van der Waals surface area contributed by atoms with E-state index in [9.17, 15) is 0 Å². The highest BCUT2D eigenvalue weighted by molar-refractivity contribution is 5.26. The molecule has 1 heterocycles. The molecule has 1 saturated carbocycles. The molecule has 2 atom stereocenters. The molecule has 0 aliphatic heterocycles. The van der Waals surface area contributed by atoms with Gasteiger partial charge in [-0.1, -0.05) is 0 Å². The Morgan fingerprint density at radius 3 is 2.83 bits per heavy atom. The van der Waals surface area contributed by atoms with Crippen LogP contribution >= 0.6 is 0 Å². The van der Waals surface area contributed by atoms with E-state index in [2.05, 4.69) is 5.10 Å². The molecule has 2 unspecified atom stereocenters. The average molecular weight is 166 g/mol. The molecule has 4 nitrogen and oxygen atoms in total. The summed E-state index contributed by atoms with van der Waals surface area (Å²) in [6.45, 7) is 0. The highest BCUT2D eigenvalue weighted by Crippen LogP contribution is 2.29. The number of hydrogen-bond donors (Lipinski definition) is 2. The Hall–Kier alpha value is -1.03. The van der Waals surface area contributed by atoms with Crippen molar-refractivity contribution in [2.45, 2.75) is 31.3 Å². The molecular formula is C8H14N4. The summed E-state index contributed by atoms with van der Waals surface area (Å²) in [6, 6.07) is 2.58. The number of aromatic nitrogens is 2. The Morgan fingerprint density at radius 1 is 1.50 bits per heavy atom. The Morgan fingerprint density at radius 2 is 2.33 bits per heavy atom. The second kappa shape index (κ2) is 2.79. The summed E-state index contributed by atoms with van der Waals surface area (Å²) < 4.78 is 1.88. The molecule has 1 aliphatic carbocycles. The standard InChI is InChI=1S/C8H14N4/c9-6-1-2-7(5-6)12-8(10)3-4-11-12/h3-4,6-7H,1-2,5,9-10H2. The molecule has 66 valence electrons. The molecule has 0 radical (unpaired) electrons. The van der Waals surface area contributed by atoms with Gasteiger partial charge in [0.2, 0.25) is 0 Å². The lowest BCUT2D eigenvalue weighted by Gasteiger charge is -2.11. The summed E-state index contributed by atoms with van der Waals surface area (Å²) in [7, 11) is 0. The van der Waals surface area contributed by atoms with Crippen LogP contribution < -0.4 is 11.5 Å². The van der Waals surface area contributed by atoms with E-state index >= 15 is 0 Å². The zero-order valence-corrected chi connectivity index (χ0v) is 6.98. The fourth-order valence-corrected chi connectivity index (χ4v) is 1.84. The summed E-state index contributed by atoms with van der Waals surface area (Å²) in [5.41, 5.74) is 11.5. The van der Waals surface area contributed by atoms with E-state index in [4.69, 9.17) is 11.5 Å². The Bertz CT molecular complexity index is 268. The smallest absolute Gasteiger partial charge is 0.121 e. The highest BCUT2D eigenvalue weighted by Gasteiger charge is 2.24. The quantitative estimate of drug-likeness (QED) is 0.639. The molecule has 0 aromatic carbocycles. The second-order valence-electron chi connectivity index (χ2n) is 3.43. The number of hydrogen-bond acceptors (Lipinski definition) is 3. The van der Waals surface area contributed by atoms with Crippen LogP contribution in [0.3, 0.4) is 0 Å². The monoisotopic (exact) mass is 166 g/mol. The molecule has 1 aromatic heterocycles. The third-order valence-corrected chi connectivity index (χ3v) is 2.49. The summed E-state index contributed by atoms with van der Waals surface area (Å²) in [4.78, 5) is 0. The first-order valence-electron chi connectivity index (χ1n) is 4.32. The van der Waals surface area contributed by atoms with Crippen LogP contribution in [0.1, 0.15) is 25.3 Å². The van der Waals surface area contributed by atoms with Gasteiger partial charge in [-0.2, -0.15) is 5.10 Å². The molecule has 0 amide bonds. The number of nitrogen functional groups attached to an aromatic ring is 1. The van der Waals surface area contributed by atoms with Crippen molar-refractivity contribution in [2.24, 2.45) is 5.73 Å².